The van der Waals surface area contributed by atoms with Gasteiger partial charge in [-0.2, -0.15) is 0 Å². The second-order valence-corrected chi connectivity index (χ2v) is 20.0. The van der Waals surface area contributed by atoms with Crippen LogP contribution in [0.4, 0.5) is 34.1 Å². The predicted octanol–water partition coefficient (Wildman–Crippen LogP) is 17.9. The molecule has 0 radical (unpaired) electrons. The Morgan fingerprint density at radius 3 is 1.35 bits per heavy atom. The Kier molecular flexibility index (Phi) is 8.20. The van der Waals surface area contributed by atoms with Crippen molar-refractivity contribution >= 4 is 87.2 Å². The first kappa shape index (κ1) is 38.0. The van der Waals surface area contributed by atoms with Crippen molar-refractivity contribution in [1.82, 2.24) is 0 Å². The molecule has 11 aromatic rings. The van der Waals surface area contributed by atoms with Gasteiger partial charge in [0.05, 0.1) is 0 Å². The highest BCUT2D eigenvalue weighted by atomic mass is 32.1. The molecule has 0 spiro atoms. The Bertz CT molecular complexity index is 3620. The molecule has 1 aromatic heterocycles. The molecule has 2 nitrogen and oxygen atoms in total. The Hall–Kier alpha value is -7.46. The number of rotatable bonds is 6. The van der Waals surface area contributed by atoms with Crippen LogP contribution in [0.2, 0.25) is 0 Å². The maximum absolute atomic E-state index is 2.47. The van der Waals surface area contributed by atoms with E-state index in [4.69, 9.17) is 0 Å². The summed E-state index contributed by atoms with van der Waals surface area (Å²) in [5, 5.41) is 7.83. The van der Waals surface area contributed by atoms with E-state index in [0.29, 0.717) is 0 Å². The standard InChI is InChI=1S/C62H46N2S/c1-61(2)54-23-13-10-19-46(54)48-33-30-43(37-56(48)61)64(44-31-34-49-47-20-11-14-24-55(47)62(3,4)57(49)38-44)41-28-26-40(27-29-41)63(39-16-6-5-7-17-39)42-32-35-51-53(36-42)45-18-8-9-21-50(45)59-52-22-12-15-25-58(52)65-60(51)59/h5-38H,1-4H3. The average Bonchev–Trinajstić information content (AvgIpc) is 3.93. The van der Waals surface area contributed by atoms with Crippen molar-refractivity contribution in [3.8, 4) is 22.3 Å². The molecule has 1 heterocycles. The summed E-state index contributed by atoms with van der Waals surface area (Å²) in [4.78, 5) is 4.87. The van der Waals surface area contributed by atoms with Crippen molar-refractivity contribution in [1.29, 1.82) is 0 Å². The summed E-state index contributed by atoms with van der Waals surface area (Å²) >= 11 is 1.90. The van der Waals surface area contributed by atoms with Crippen molar-refractivity contribution in [2.24, 2.45) is 0 Å². The molecule has 0 amide bonds. The summed E-state index contributed by atoms with van der Waals surface area (Å²) < 4.78 is 2.67. The predicted molar refractivity (Wildman–Crippen MR) is 279 cm³/mol. The monoisotopic (exact) mass is 850 g/mol. The van der Waals surface area contributed by atoms with Crippen LogP contribution in [0.25, 0.3) is 64.0 Å². The summed E-state index contributed by atoms with van der Waals surface area (Å²) in [5.74, 6) is 0. The third kappa shape index (κ3) is 5.58. The van der Waals surface area contributed by atoms with Crippen LogP contribution in [0.5, 0.6) is 0 Å². The molecule has 65 heavy (non-hydrogen) atoms. The molecule has 13 rings (SSSR count). The zero-order valence-corrected chi connectivity index (χ0v) is 37.7. The maximum atomic E-state index is 2.47. The van der Waals surface area contributed by atoms with Gasteiger partial charge in [0.1, 0.15) is 0 Å². The van der Waals surface area contributed by atoms with Gasteiger partial charge in [-0.25, -0.2) is 0 Å². The van der Waals surface area contributed by atoms with Gasteiger partial charge in [0.25, 0.3) is 0 Å². The smallest absolute Gasteiger partial charge is 0.0468 e. The topological polar surface area (TPSA) is 6.48 Å². The van der Waals surface area contributed by atoms with Crippen LogP contribution >= 0.6 is 11.3 Å². The molecule has 0 unspecified atom stereocenters. The zero-order valence-electron chi connectivity index (χ0n) is 36.9. The fraction of sp³-hybridized carbons (Fsp3) is 0.0968. The van der Waals surface area contributed by atoms with Crippen LogP contribution in [-0.2, 0) is 10.8 Å². The normalized spacial score (nSPS) is 14.1. The van der Waals surface area contributed by atoms with Gasteiger partial charge in [0.2, 0.25) is 0 Å². The summed E-state index contributed by atoms with van der Waals surface area (Å²) in [5.41, 5.74) is 17.3. The second kappa shape index (κ2) is 14.0. The van der Waals surface area contributed by atoms with Gasteiger partial charge in [0.15, 0.2) is 0 Å². The van der Waals surface area contributed by atoms with Crippen molar-refractivity contribution in [2.75, 3.05) is 9.80 Å². The van der Waals surface area contributed by atoms with Crippen LogP contribution in [0.15, 0.2) is 206 Å². The highest BCUT2D eigenvalue weighted by Gasteiger charge is 2.38. The van der Waals surface area contributed by atoms with E-state index in [2.05, 4.69) is 244 Å². The first-order valence-corrected chi connectivity index (χ1v) is 23.6. The van der Waals surface area contributed by atoms with E-state index in [0.717, 1.165) is 34.1 Å². The van der Waals surface area contributed by atoms with Crippen LogP contribution in [0.3, 0.4) is 0 Å². The highest BCUT2D eigenvalue weighted by molar-refractivity contribution is 7.27. The molecule has 0 saturated carbocycles. The molecule has 2 aliphatic rings. The number of benzene rings is 10. The first-order chi connectivity index (χ1) is 31.8. The molecule has 10 aromatic carbocycles. The number of para-hydroxylation sites is 1. The molecule has 0 aliphatic heterocycles. The van der Waals surface area contributed by atoms with Crippen LogP contribution in [-0.4, -0.2) is 0 Å². The molecule has 310 valence electrons. The Morgan fingerprint density at radius 1 is 0.308 bits per heavy atom. The van der Waals surface area contributed by atoms with E-state index in [1.807, 2.05) is 11.3 Å². The average molecular weight is 851 g/mol. The van der Waals surface area contributed by atoms with E-state index in [1.165, 1.54) is 86.2 Å². The minimum atomic E-state index is -0.122. The largest absolute Gasteiger partial charge is 0.310 e. The molecule has 0 atom stereocenters. The molecule has 0 fully saturated rings. The van der Waals surface area contributed by atoms with E-state index < -0.39 is 0 Å². The lowest BCUT2D eigenvalue weighted by Crippen LogP contribution is -2.18. The van der Waals surface area contributed by atoms with Crippen molar-refractivity contribution in [3.05, 3.63) is 229 Å². The number of hydrogen-bond acceptors (Lipinski definition) is 3. The van der Waals surface area contributed by atoms with E-state index in [-0.39, 0.29) is 10.8 Å². The van der Waals surface area contributed by atoms with Crippen molar-refractivity contribution in [2.45, 2.75) is 38.5 Å². The third-order valence-electron chi connectivity index (χ3n) is 14.6. The summed E-state index contributed by atoms with van der Waals surface area (Å²) in [6.07, 6.45) is 0. The molecule has 0 saturated heterocycles. The first-order valence-electron chi connectivity index (χ1n) is 22.8. The summed E-state index contributed by atoms with van der Waals surface area (Å²) in [6, 6.07) is 76.9. The second-order valence-electron chi connectivity index (χ2n) is 18.9. The molecular weight excluding hydrogens is 805 g/mol. The molecule has 3 heteroatoms. The van der Waals surface area contributed by atoms with Gasteiger partial charge in [0, 0.05) is 70.5 Å². The molecule has 0 bridgehead atoms. The molecule has 2 aliphatic carbocycles. The number of nitrogens with zero attached hydrogens (tertiary/aromatic N) is 2. The fourth-order valence-electron chi connectivity index (χ4n) is 11.4. The lowest BCUT2D eigenvalue weighted by atomic mass is 9.82. The Morgan fingerprint density at radius 2 is 0.738 bits per heavy atom. The number of thiophene rings is 1. The van der Waals surface area contributed by atoms with E-state index >= 15 is 0 Å². The van der Waals surface area contributed by atoms with Gasteiger partial charge in [-0.3, -0.25) is 0 Å². The zero-order chi connectivity index (χ0) is 43.6. The van der Waals surface area contributed by atoms with Crippen LogP contribution in [0, 0.1) is 0 Å². The van der Waals surface area contributed by atoms with Crippen LogP contribution < -0.4 is 9.80 Å². The fourth-order valence-corrected chi connectivity index (χ4v) is 12.7. The van der Waals surface area contributed by atoms with Crippen molar-refractivity contribution in [3.63, 3.8) is 0 Å². The minimum Gasteiger partial charge on any atom is -0.310 e. The Labute approximate surface area is 384 Å². The third-order valence-corrected chi connectivity index (χ3v) is 15.8. The van der Waals surface area contributed by atoms with Gasteiger partial charge in [-0.1, -0.05) is 155 Å². The minimum absolute atomic E-state index is 0.122. The van der Waals surface area contributed by atoms with Gasteiger partial charge >= 0.3 is 0 Å². The maximum Gasteiger partial charge on any atom is 0.0468 e. The molecular formula is C62H46N2S. The quantitative estimate of drug-likeness (QED) is 0.154. The van der Waals surface area contributed by atoms with Crippen LogP contribution in [0.1, 0.15) is 49.9 Å². The highest BCUT2D eigenvalue weighted by Crippen LogP contribution is 2.54. The SMILES string of the molecule is CC1(C)c2ccccc2-c2ccc(N(c3ccc(N(c4ccccc4)c4ccc5c(c4)c4ccccc4c4c6ccccc6sc54)cc3)c3ccc4c(c3)C(C)(C)c3ccccc3-4)cc21. The van der Waals surface area contributed by atoms with Crippen molar-refractivity contribution < 1.29 is 0 Å². The number of anilines is 6. The lowest BCUT2D eigenvalue weighted by Gasteiger charge is -2.30. The summed E-state index contributed by atoms with van der Waals surface area (Å²) in [6.45, 7) is 9.48. The Balaban J connectivity index is 0.970. The van der Waals surface area contributed by atoms with Gasteiger partial charge in [-0.05, 0) is 140 Å². The van der Waals surface area contributed by atoms with Gasteiger partial charge < -0.3 is 9.80 Å². The molecule has 0 N–H and O–H groups in total. The number of fused-ring (bicyclic) bond motifs is 14. The lowest BCUT2D eigenvalue weighted by molar-refractivity contribution is 0.660. The number of hydrogen-bond donors (Lipinski definition) is 0. The van der Waals surface area contributed by atoms with Gasteiger partial charge in [-0.15, -0.1) is 11.3 Å². The van der Waals surface area contributed by atoms with E-state index in [9.17, 15) is 0 Å². The van der Waals surface area contributed by atoms with E-state index in [1.54, 1.807) is 0 Å². The summed E-state index contributed by atoms with van der Waals surface area (Å²) in [7, 11) is 0.